The Hall–Kier alpha value is -1.80. The van der Waals surface area contributed by atoms with Crippen molar-refractivity contribution in [2.24, 2.45) is 0 Å². The number of carbonyl (C=O) groups is 1. The molecule has 0 saturated carbocycles. The lowest BCUT2D eigenvalue weighted by molar-refractivity contribution is 0.0427. The molecule has 0 atom stereocenters. The second kappa shape index (κ2) is 6.10. The van der Waals surface area contributed by atoms with Gasteiger partial charge in [0.2, 0.25) is 0 Å². The molecule has 0 radical (unpaired) electrons. The van der Waals surface area contributed by atoms with Crippen LogP contribution in [-0.2, 0) is 10.2 Å². The third-order valence-electron chi connectivity index (χ3n) is 3.20. The number of esters is 1. The molecule has 0 N–H and O–H groups in total. The quantitative estimate of drug-likeness (QED) is 0.776. The van der Waals surface area contributed by atoms with Crippen LogP contribution in [0.4, 0.5) is 0 Å². The van der Waals surface area contributed by atoms with Gasteiger partial charge in [0.1, 0.15) is 6.61 Å². The van der Waals surface area contributed by atoms with Crippen molar-refractivity contribution in [1.29, 1.82) is 0 Å². The summed E-state index contributed by atoms with van der Waals surface area (Å²) in [7, 11) is 0. The Balaban J connectivity index is 2.01. The van der Waals surface area contributed by atoms with Crippen molar-refractivity contribution >= 4 is 17.6 Å². The third kappa shape index (κ3) is 3.61. The van der Waals surface area contributed by atoms with Gasteiger partial charge in [0.15, 0.2) is 0 Å². The lowest BCUT2D eigenvalue weighted by Crippen LogP contribution is -2.26. The third-order valence-corrected chi connectivity index (χ3v) is 3.45. The number of rotatable bonds is 4. The van der Waals surface area contributed by atoms with Crippen LogP contribution >= 0.6 is 11.6 Å². The van der Waals surface area contributed by atoms with Crippen LogP contribution in [-0.4, -0.2) is 12.6 Å². The van der Waals surface area contributed by atoms with Crippen molar-refractivity contribution in [2.45, 2.75) is 19.3 Å². The van der Waals surface area contributed by atoms with E-state index in [-0.39, 0.29) is 11.4 Å². The standard InChI is InChI=1S/C17H17ClO2/c1-17(2,14-6-4-3-5-7-14)12-20-16(19)13-8-10-15(18)11-9-13/h3-11H,12H2,1-2H3. The minimum atomic E-state index is -0.328. The highest BCUT2D eigenvalue weighted by molar-refractivity contribution is 6.30. The highest BCUT2D eigenvalue weighted by atomic mass is 35.5. The summed E-state index contributed by atoms with van der Waals surface area (Å²) in [5.74, 6) is -0.328. The molecule has 0 saturated heterocycles. The summed E-state index contributed by atoms with van der Waals surface area (Å²) in [6.45, 7) is 4.44. The van der Waals surface area contributed by atoms with Gasteiger partial charge in [0.25, 0.3) is 0 Å². The minimum absolute atomic E-state index is 0.219. The van der Waals surface area contributed by atoms with Gasteiger partial charge in [-0.3, -0.25) is 0 Å². The van der Waals surface area contributed by atoms with Gasteiger partial charge in [-0.2, -0.15) is 0 Å². The molecule has 0 aromatic heterocycles. The van der Waals surface area contributed by atoms with Crippen LogP contribution < -0.4 is 0 Å². The van der Waals surface area contributed by atoms with E-state index in [4.69, 9.17) is 16.3 Å². The van der Waals surface area contributed by atoms with Crippen LogP contribution in [0.2, 0.25) is 5.02 Å². The number of carbonyl (C=O) groups excluding carboxylic acids is 1. The molecule has 0 fully saturated rings. The molecule has 0 aliphatic rings. The first-order valence-corrected chi connectivity index (χ1v) is 6.85. The number of ether oxygens (including phenoxy) is 1. The van der Waals surface area contributed by atoms with E-state index >= 15 is 0 Å². The van der Waals surface area contributed by atoms with Crippen LogP contribution in [0.25, 0.3) is 0 Å². The SMILES string of the molecule is CC(C)(COC(=O)c1ccc(Cl)cc1)c1ccccc1. The first kappa shape index (κ1) is 14.6. The molecule has 2 aromatic rings. The molecule has 20 heavy (non-hydrogen) atoms. The van der Waals surface area contributed by atoms with Crippen molar-refractivity contribution in [1.82, 2.24) is 0 Å². The average Bonchev–Trinajstić information content (AvgIpc) is 2.46. The highest BCUT2D eigenvalue weighted by Gasteiger charge is 2.22. The molecule has 2 aromatic carbocycles. The molecule has 0 aliphatic carbocycles. The maximum atomic E-state index is 12.0. The zero-order valence-electron chi connectivity index (χ0n) is 11.6. The first-order chi connectivity index (χ1) is 9.49. The second-order valence-corrected chi connectivity index (χ2v) is 5.77. The van der Waals surface area contributed by atoms with Crippen molar-refractivity contribution < 1.29 is 9.53 Å². The van der Waals surface area contributed by atoms with Crippen molar-refractivity contribution in [3.05, 3.63) is 70.7 Å². The van der Waals surface area contributed by atoms with E-state index in [1.54, 1.807) is 24.3 Å². The van der Waals surface area contributed by atoms with E-state index in [0.29, 0.717) is 17.2 Å². The molecule has 0 heterocycles. The number of hydrogen-bond donors (Lipinski definition) is 0. The van der Waals surface area contributed by atoms with Gasteiger partial charge in [-0.1, -0.05) is 55.8 Å². The van der Waals surface area contributed by atoms with E-state index in [1.165, 1.54) is 0 Å². The summed E-state index contributed by atoms with van der Waals surface area (Å²) in [6.07, 6.45) is 0. The lowest BCUT2D eigenvalue weighted by atomic mass is 9.86. The first-order valence-electron chi connectivity index (χ1n) is 6.47. The van der Waals surface area contributed by atoms with E-state index in [0.717, 1.165) is 5.56 Å². The largest absolute Gasteiger partial charge is 0.461 e. The lowest BCUT2D eigenvalue weighted by Gasteiger charge is -2.24. The fourth-order valence-electron chi connectivity index (χ4n) is 1.89. The molecule has 2 nitrogen and oxygen atoms in total. The van der Waals surface area contributed by atoms with E-state index < -0.39 is 0 Å². The fraction of sp³-hybridized carbons (Fsp3) is 0.235. The van der Waals surface area contributed by atoms with Gasteiger partial charge >= 0.3 is 5.97 Å². The molecule has 104 valence electrons. The Morgan fingerprint density at radius 1 is 1.05 bits per heavy atom. The maximum absolute atomic E-state index is 12.0. The molecule has 3 heteroatoms. The van der Waals surface area contributed by atoms with Crippen molar-refractivity contribution in [3.8, 4) is 0 Å². The van der Waals surface area contributed by atoms with Crippen LogP contribution in [0.5, 0.6) is 0 Å². The fourth-order valence-corrected chi connectivity index (χ4v) is 2.01. The number of benzene rings is 2. The van der Waals surface area contributed by atoms with Gasteiger partial charge in [0.05, 0.1) is 5.56 Å². The molecular formula is C17H17ClO2. The molecule has 0 spiro atoms. The zero-order valence-corrected chi connectivity index (χ0v) is 12.4. The van der Waals surface area contributed by atoms with Gasteiger partial charge < -0.3 is 4.74 Å². The Morgan fingerprint density at radius 2 is 1.65 bits per heavy atom. The summed E-state index contributed by atoms with van der Waals surface area (Å²) in [4.78, 5) is 12.0. The minimum Gasteiger partial charge on any atom is -0.461 e. The van der Waals surface area contributed by atoms with E-state index in [1.807, 2.05) is 30.3 Å². The van der Waals surface area contributed by atoms with Gasteiger partial charge in [-0.25, -0.2) is 4.79 Å². The number of hydrogen-bond acceptors (Lipinski definition) is 2. The molecule has 0 bridgehead atoms. The smallest absolute Gasteiger partial charge is 0.338 e. The summed E-state index contributed by atoms with van der Waals surface area (Å²) < 4.78 is 5.41. The predicted octanol–water partition coefficient (Wildman–Crippen LogP) is 4.47. The Labute approximate surface area is 124 Å². The Morgan fingerprint density at radius 3 is 2.25 bits per heavy atom. The molecule has 0 amide bonds. The maximum Gasteiger partial charge on any atom is 0.338 e. The van der Waals surface area contributed by atoms with Gasteiger partial charge in [0, 0.05) is 10.4 Å². The van der Waals surface area contributed by atoms with Crippen molar-refractivity contribution in [3.63, 3.8) is 0 Å². The molecule has 0 unspecified atom stereocenters. The van der Waals surface area contributed by atoms with Crippen LogP contribution in [0.3, 0.4) is 0 Å². The molecule has 0 aliphatic heterocycles. The van der Waals surface area contributed by atoms with Crippen LogP contribution in [0.15, 0.2) is 54.6 Å². The summed E-state index contributed by atoms with van der Waals surface area (Å²) in [5, 5.41) is 0.603. The monoisotopic (exact) mass is 288 g/mol. The Bertz CT molecular complexity index is 574. The number of halogens is 1. The normalized spacial score (nSPS) is 11.2. The zero-order chi connectivity index (χ0) is 14.6. The summed E-state index contributed by atoms with van der Waals surface area (Å²) >= 11 is 5.79. The van der Waals surface area contributed by atoms with Gasteiger partial charge in [-0.15, -0.1) is 0 Å². The average molecular weight is 289 g/mol. The van der Waals surface area contributed by atoms with Crippen LogP contribution in [0, 0.1) is 0 Å². The summed E-state index contributed by atoms with van der Waals surface area (Å²) in [5.41, 5.74) is 1.44. The summed E-state index contributed by atoms with van der Waals surface area (Å²) in [6, 6.07) is 16.7. The van der Waals surface area contributed by atoms with E-state index in [9.17, 15) is 4.79 Å². The second-order valence-electron chi connectivity index (χ2n) is 5.33. The van der Waals surface area contributed by atoms with Gasteiger partial charge in [-0.05, 0) is 29.8 Å². The predicted molar refractivity (Wildman–Crippen MR) is 81.2 cm³/mol. The molecular weight excluding hydrogens is 272 g/mol. The van der Waals surface area contributed by atoms with Crippen molar-refractivity contribution in [2.75, 3.05) is 6.61 Å². The Kier molecular flexibility index (Phi) is 4.46. The van der Waals surface area contributed by atoms with E-state index in [2.05, 4.69) is 13.8 Å². The highest BCUT2D eigenvalue weighted by Crippen LogP contribution is 2.23. The molecule has 2 rings (SSSR count). The van der Waals surface area contributed by atoms with Crippen LogP contribution in [0.1, 0.15) is 29.8 Å². The topological polar surface area (TPSA) is 26.3 Å².